The Morgan fingerprint density at radius 1 is 1.42 bits per heavy atom. The number of hydrogen-bond acceptors (Lipinski definition) is 3. The fourth-order valence-corrected chi connectivity index (χ4v) is 2.36. The Labute approximate surface area is 117 Å². The zero-order chi connectivity index (χ0) is 13.9. The Bertz CT molecular complexity index is 240. The van der Waals surface area contributed by atoms with E-state index < -0.39 is 0 Å². The molecule has 0 bridgehead atoms. The smallest absolute Gasteiger partial charge is 0.248 e. The maximum Gasteiger partial charge on any atom is 0.248 e. The van der Waals surface area contributed by atoms with E-state index in [1.54, 1.807) is 0 Å². The molecule has 1 amide bonds. The fraction of sp³-hybridized carbons (Fsp3) is 0.933. The lowest BCUT2D eigenvalue weighted by Gasteiger charge is -2.23. The number of unbranched alkanes of at least 4 members (excludes halogenated alkanes) is 2. The molecule has 2 unspecified atom stereocenters. The van der Waals surface area contributed by atoms with Gasteiger partial charge in [-0.3, -0.25) is 4.79 Å². The van der Waals surface area contributed by atoms with E-state index in [0.29, 0.717) is 12.6 Å². The SMILES string of the molecule is CCCCCNC(=O)C(C)OCCC1CCCCN1. The van der Waals surface area contributed by atoms with Gasteiger partial charge in [0.25, 0.3) is 0 Å². The highest BCUT2D eigenvalue weighted by molar-refractivity contribution is 5.80. The molecule has 0 spiro atoms. The lowest BCUT2D eigenvalue weighted by Crippen LogP contribution is -2.37. The van der Waals surface area contributed by atoms with Gasteiger partial charge in [0.2, 0.25) is 5.91 Å². The summed E-state index contributed by atoms with van der Waals surface area (Å²) in [4.78, 5) is 11.7. The van der Waals surface area contributed by atoms with Crippen molar-refractivity contribution in [3.05, 3.63) is 0 Å². The van der Waals surface area contributed by atoms with Crippen LogP contribution in [0.25, 0.3) is 0 Å². The second-order valence-corrected chi connectivity index (χ2v) is 5.45. The van der Waals surface area contributed by atoms with Crippen molar-refractivity contribution < 1.29 is 9.53 Å². The highest BCUT2D eigenvalue weighted by atomic mass is 16.5. The minimum atomic E-state index is -0.329. The van der Waals surface area contributed by atoms with Crippen LogP contribution in [0.2, 0.25) is 0 Å². The molecule has 4 nitrogen and oxygen atoms in total. The molecule has 0 aromatic carbocycles. The first kappa shape index (κ1) is 16.4. The first-order valence-electron chi connectivity index (χ1n) is 7.86. The average Bonchev–Trinajstić information content (AvgIpc) is 2.44. The van der Waals surface area contributed by atoms with Gasteiger partial charge in [0.15, 0.2) is 0 Å². The van der Waals surface area contributed by atoms with E-state index in [0.717, 1.165) is 25.9 Å². The van der Waals surface area contributed by atoms with Gasteiger partial charge in [0, 0.05) is 19.2 Å². The summed E-state index contributed by atoms with van der Waals surface area (Å²) in [7, 11) is 0. The monoisotopic (exact) mass is 270 g/mol. The van der Waals surface area contributed by atoms with Crippen LogP contribution in [0.1, 0.15) is 58.8 Å². The molecule has 1 saturated heterocycles. The van der Waals surface area contributed by atoms with Crippen molar-refractivity contribution >= 4 is 5.91 Å². The van der Waals surface area contributed by atoms with Crippen LogP contribution >= 0.6 is 0 Å². The number of piperidine rings is 1. The molecular weight excluding hydrogens is 240 g/mol. The third-order valence-electron chi connectivity index (χ3n) is 3.70. The summed E-state index contributed by atoms with van der Waals surface area (Å²) in [6, 6.07) is 0.577. The number of rotatable bonds is 9. The molecule has 19 heavy (non-hydrogen) atoms. The first-order chi connectivity index (χ1) is 9.24. The Morgan fingerprint density at radius 3 is 2.95 bits per heavy atom. The molecule has 2 N–H and O–H groups in total. The third-order valence-corrected chi connectivity index (χ3v) is 3.70. The molecule has 0 aliphatic carbocycles. The number of ether oxygens (including phenoxy) is 1. The number of carbonyl (C=O) groups excluding carboxylic acids is 1. The molecule has 0 saturated carbocycles. The van der Waals surface area contributed by atoms with E-state index in [2.05, 4.69) is 17.6 Å². The largest absolute Gasteiger partial charge is 0.369 e. The molecule has 0 aromatic heterocycles. The van der Waals surface area contributed by atoms with Crippen molar-refractivity contribution in [3.63, 3.8) is 0 Å². The van der Waals surface area contributed by atoms with Crippen molar-refractivity contribution in [2.45, 2.75) is 70.9 Å². The van der Waals surface area contributed by atoms with Gasteiger partial charge in [0.05, 0.1) is 0 Å². The van der Waals surface area contributed by atoms with Crippen LogP contribution in [0.3, 0.4) is 0 Å². The van der Waals surface area contributed by atoms with Gasteiger partial charge in [-0.2, -0.15) is 0 Å². The fourth-order valence-electron chi connectivity index (χ4n) is 2.36. The van der Waals surface area contributed by atoms with Gasteiger partial charge in [-0.1, -0.05) is 26.2 Å². The van der Waals surface area contributed by atoms with Crippen molar-refractivity contribution in [2.24, 2.45) is 0 Å². The first-order valence-corrected chi connectivity index (χ1v) is 7.86. The number of nitrogens with one attached hydrogen (secondary N) is 2. The molecule has 1 rings (SSSR count). The molecule has 4 heteroatoms. The molecular formula is C15H30N2O2. The predicted octanol–water partition coefficient (Wildman–Crippen LogP) is 2.23. The molecule has 1 heterocycles. The van der Waals surface area contributed by atoms with E-state index in [1.807, 2.05) is 6.92 Å². The van der Waals surface area contributed by atoms with Gasteiger partial charge < -0.3 is 15.4 Å². The van der Waals surface area contributed by atoms with Crippen LogP contribution in [0.5, 0.6) is 0 Å². The molecule has 1 aliphatic rings. The zero-order valence-corrected chi connectivity index (χ0v) is 12.5. The van der Waals surface area contributed by atoms with Crippen LogP contribution in [0, 0.1) is 0 Å². The third kappa shape index (κ3) is 7.53. The average molecular weight is 270 g/mol. The lowest BCUT2D eigenvalue weighted by molar-refractivity contribution is -0.131. The van der Waals surface area contributed by atoms with Gasteiger partial charge >= 0.3 is 0 Å². The molecule has 0 aromatic rings. The van der Waals surface area contributed by atoms with E-state index in [-0.39, 0.29) is 12.0 Å². The van der Waals surface area contributed by atoms with Crippen molar-refractivity contribution in [3.8, 4) is 0 Å². The van der Waals surface area contributed by atoms with Crippen molar-refractivity contribution in [2.75, 3.05) is 19.7 Å². The van der Waals surface area contributed by atoms with E-state index in [4.69, 9.17) is 4.74 Å². The zero-order valence-electron chi connectivity index (χ0n) is 12.5. The maximum atomic E-state index is 11.7. The summed E-state index contributed by atoms with van der Waals surface area (Å²) in [5.74, 6) is 0.0210. The standard InChI is InChI=1S/C15H30N2O2/c1-3-4-6-11-17-15(18)13(2)19-12-9-14-8-5-7-10-16-14/h13-14,16H,3-12H2,1-2H3,(H,17,18). The van der Waals surface area contributed by atoms with E-state index in [1.165, 1.54) is 32.1 Å². The maximum absolute atomic E-state index is 11.7. The summed E-state index contributed by atoms with van der Waals surface area (Å²) in [6.45, 7) is 6.56. The second-order valence-electron chi connectivity index (χ2n) is 5.45. The summed E-state index contributed by atoms with van der Waals surface area (Å²) in [5.41, 5.74) is 0. The van der Waals surface area contributed by atoms with Crippen LogP contribution in [0.15, 0.2) is 0 Å². The molecule has 1 fully saturated rings. The number of carbonyl (C=O) groups is 1. The Balaban J connectivity index is 2.02. The molecule has 2 atom stereocenters. The van der Waals surface area contributed by atoms with Crippen LogP contribution < -0.4 is 10.6 Å². The normalized spacial score (nSPS) is 21.1. The minimum absolute atomic E-state index is 0.0210. The van der Waals surface area contributed by atoms with Gasteiger partial charge in [0.1, 0.15) is 6.10 Å². The van der Waals surface area contributed by atoms with Gasteiger partial charge in [-0.05, 0) is 39.2 Å². The number of amides is 1. The van der Waals surface area contributed by atoms with Crippen molar-refractivity contribution in [1.29, 1.82) is 0 Å². The van der Waals surface area contributed by atoms with E-state index in [9.17, 15) is 4.79 Å². The van der Waals surface area contributed by atoms with Crippen LogP contribution in [0.4, 0.5) is 0 Å². The summed E-state index contributed by atoms with van der Waals surface area (Å²) >= 11 is 0. The minimum Gasteiger partial charge on any atom is -0.369 e. The van der Waals surface area contributed by atoms with Gasteiger partial charge in [-0.25, -0.2) is 0 Å². The predicted molar refractivity (Wildman–Crippen MR) is 78.2 cm³/mol. The van der Waals surface area contributed by atoms with Crippen LogP contribution in [-0.2, 0) is 9.53 Å². The van der Waals surface area contributed by atoms with Gasteiger partial charge in [-0.15, -0.1) is 0 Å². The summed E-state index contributed by atoms with van der Waals surface area (Å²) < 4.78 is 5.61. The molecule has 1 aliphatic heterocycles. The lowest BCUT2D eigenvalue weighted by atomic mass is 10.0. The highest BCUT2D eigenvalue weighted by Gasteiger charge is 2.15. The Morgan fingerprint density at radius 2 is 2.26 bits per heavy atom. The summed E-state index contributed by atoms with van der Waals surface area (Å²) in [6.07, 6.45) is 7.92. The quantitative estimate of drug-likeness (QED) is 0.632. The number of hydrogen-bond donors (Lipinski definition) is 2. The molecule has 0 radical (unpaired) electrons. The van der Waals surface area contributed by atoms with Crippen molar-refractivity contribution in [1.82, 2.24) is 10.6 Å². The van der Waals surface area contributed by atoms with Crippen LogP contribution in [-0.4, -0.2) is 37.7 Å². The topological polar surface area (TPSA) is 50.4 Å². The Kier molecular flexibility index (Phi) is 8.84. The Hall–Kier alpha value is -0.610. The highest BCUT2D eigenvalue weighted by Crippen LogP contribution is 2.10. The molecule has 112 valence electrons. The summed E-state index contributed by atoms with van der Waals surface area (Å²) in [5, 5.41) is 6.42. The second kappa shape index (κ2) is 10.2. The van der Waals surface area contributed by atoms with E-state index >= 15 is 0 Å².